The normalized spacial score (nSPS) is 17.5. The number of benzene rings is 1. The first kappa shape index (κ1) is 15.1. The topological polar surface area (TPSA) is 64.3 Å². The van der Waals surface area contributed by atoms with Crippen molar-refractivity contribution in [1.82, 2.24) is 5.32 Å². The lowest BCUT2D eigenvalue weighted by molar-refractivity contribution is -0.123. The van der Waals surface area contributed by atoms with Crippen molar-refractivity contribution in [2.75, 3.05) is 13.2 Å². The Morgan fingerprint density at radius 3 is 2.80 bits per heavy atom. The standard InChI is InChI=1S/C15H21ClN2O2/c16-12-5-4-6-13(9-12)20-10-14(19)18-11-15(17)7-2-1-3-8-15/h4-6,9H,1-3,7-8,10-11,17H2,(H,18,19). The van der Waals surface area contributed by atoms with Gasteiger partial charge in [-0.05, 0) is 31.0 Å². The molecule has 2 rings (SSSR count). The van der Waals surface area contributed by atoms with Crippen LogP contribution in [-0.2, 0) is 4.79 Å². The Labute approximate surface area is 124 Å². The SMILES string of the molecule is NC1(CNC(=O)COc2cccc(Cl)c2)CCCCC1. The number of nitrogens with one attached hydrogen (secondary N) is 1. The van der Waals surface area contributed by atoms with Crippen LogP contribution < -0.4 is 15.8 Å². The second kappa shape index (κ2) is 6.95. The summed E-state index contributed by atoms with van der Waals surface area (Å²) in [5, 5.41) is 3.44. The van der Waals surface area contributed by atoms with Crippen LogP contribution in [0.5, 0.6) is 5.75 Å². The molecule has 0 aromatic heterocycles. The van der Waals surface area contributed by atoms with Crippen LogP contribution in [0.3, 0.4) is 0 Å². The minimum Gasteiger partial charge on any atom is -0.484 e. The molecule has 3 N–H and O–H groups in total. The summed E-state index contributed by atoms with van der Waals surface area (Å²) >= 11 is 5.84. The molecule has 1 saturated carbocycles. The first-order valence-corrected chi connectivity index (χ1v) is 7.39. The monoisotopic (exact) mass is 296 g/mol. The zero-order chi connectivity index (χ0) is 14.4. The maximum atomic E-state index is 11.8. The van der Waals surface area contributed by atoms with Crippen molar-refractivity contribution < 1.29 is 9.53 Å². The van der Waals surface area contributed by atoms with Crippen LogP contribution in [0.4, 0.5) is 0 Å². The predicted octanol–water partition coefficient (Wildman–Crippen LogP) is 2.50. The molecule has 1 fully saturated rings. The molecule has 0 spiro atoms. The third-order valence-electron chi connectivity index (χ3n) is 3.65. The molecule has 1 aliphatic rings. The maximum absolute atomic E-state index is 11.8. The summed E-state index contributed by atoms with van der Waals surface area (Å²) < 4.78 is 5.38. The zero-order valence-electron chi connectivity index (χ0n) is 11.5. The van der Waals surface area contributed by atoms with E-state index in [1.54, 1.807) is 24.3 Å². The summed E-state index contributed by atoms with van der Waals surface area (Å²) in [6, 6.07) is 6.99. The lowest BCUT2D eigenvalue weighted by atomic mass is 9.82. The van der Waals surface area contributed by atoms with Crippen molar-refractivity contribution in [2.24, 2.45) is 5.73 Å². The van der Waals surface area contributed by atoms with E-state index in [4.69, 9.17) is 22.1 Å². The van der Waals surface area contributed by atoms with Crippen molar-refractivity contribution in [1.29, 1.82) is 0 Å². The number of halogens is 1. The van der Waals surface area contributed by atoms with Crippen LogP contribution in [0, 0.1) is 0 Å². The quantitative estimate of drug-likeness (QED) is 0.877. The summed E-state index contributed by atoms with van der Waals surface area (Å²) in [6.07, 6.45) is 5.48. The molecule has 0 unspecified atom stereocenters. The first-order valence-electron chi connectivity index (χ1n) is 7.01. The second-order valence-corrected chi connectivity index (χ2v) is 5.88. The largest absolute Gasteiger partial charge is 0.484 e. The van der Waals surface area contributed by atoms with Gasteiger partial charge in [0.25, 0.3) is 5.91 Å². The van der Waals surface area contributed by atoms with Crippen molar-refractivity contribution in [3.8, 4) is 5.75 Å². The Balaban J connectivity index is 1.72. The Bertz CT molecular complexity index is 459. The van der Waals surface area contributed by atoms with E-state index in [1.807, 2.05) is 0 Å². The van der Waals surface area contributed by atoms with Gasteiger partial charge in [-0.25, -0.2) is 0 Å². The van der Waals surface area contributed by atoms with E-state index in [0.717, 1.165) is 25.7 Å². The number of rotatable bonds is 5. The highest BCUT2D eigenvalue weighted by atomic mass is 35.5. The number of amides is 1. The van der Waals surface area contributed by atoms with E-state index in [-0.39, 0.29) is 18.1 Å². The van der Waals surface area contributed by atoms with Gasteiger partial charge in [0.1, 0.15) is 5.75 Å². The predicted molar refractivity (Wildman–Crippen MR) is 80.0 cm³/mol. The minimum absolute atomic E-state index is 0.0174. The Kier molecular flexibility index (Phi) is 5.26. The smallest absolute Gasteiger partial charge is 0.258 e. The summed E-state index contributed by atoms with van der Waals surface area (Å²) in [4.78, 5) is 11.8. The van der Waals surface area contributed by atoms with Crippen molar-refractivity contribution in [2.45, 2.75) is 37.6 Å². The van der Waals surface area contributed by atoms with Crippen LogP contribution in [0.25, 0.3) is 0 Å². The molecule has 4 nitrogen and oxygen atoms in total. The van der Waals surface area contributed by atoms with Gasteiger partial charge >= 0.3 is 0 Å². The van der Waals surface area contributed by atoms with Gasteiger partial charge in [0.15, 0.2) is 6.61 Å². The van der Waals surface area contributed by atoms with Crippen molar-refractivity contribution in [3.63, 3.8) is 0 Å². The lowest BCUT2D eigenvalue weighted by Gasteiger charge is -2.33. The molecule has 0 saturated heterocycles. The first-order chi connectivity index (χ1) is 9.57. The molecule has 0 heterocycles. The summed E-state index contributed by atoms with van der Waals surface area (Å²) in [6.45, 7) is 0.501. The third kappa shape index (κ3) is 4.69. The Morgan fingerprint density at radius 2 is 2.10 bits per heavy atom. The fraction of sp³-hybridized carbons (Fsp3) is 0.533. The fourth-order valence-corrected chi connectivity index (χ4v) is 2.64. The van der Waals surface area contributed by atoms with Crippen molar-refractivity contribution >= 4 is 17.5 Å². The molecule has 20 heavy (non-hydrogen) atoms. The highest BCUT2D eigenvalue weighted by molar-refractivity contribution is 6.30. The number of hydrogen-bond acceptors (Lipinski definition) is 3. The van der Waals surface area contributed by atoms with E-state index in [1.165, 1.54) is 6.42 Å². The molecule has 0 radical (unpaired) electrons. The van der Waals surface area contributed by atoms with Crippen LogP contribution in [-0.4, -0.2) is 24.6 Å². The average Bonchev–Trinajstić information content (AvgIpc) is 2.44. The van der Waals surface area contributed by atoms with Crippen LogP contribution in [0.1, 0.15) is 32.1 Å². The Hall–Kier alpha value is -1.26. The molecule has 1 aromatic carbocycles. The van der Waals surface area contributed by atoms with Gasteiger partial charge in [0, 0.05) is 17.1 Å². The van der Waals surface area contributed by atoms with Crippen LogP contribution in [0.15, 0.2) is 24.3 Å². The van der Waals surface area contributed by atoms with Crippen LogP contribution >= 0.6 is 11.6 Å². The van der Waals surface area contributed by atoms with Gasteiger partial charge in [-0.2, -0.15) is 0 Å². The van der Waals surface area contributed by atoms with Gasteiger partial charge in [0.05, 0.1) is 0 Å². The minimum atomic E-state index is -0.246. The van der Waals surface area contributed by atoms with Gasteiger partial charge in [0.2, 0.25) is 0 Å². The van der Waals surface area contributed by atoms with Gasteiger partial charge < -0.3 is 15.8 Å². The molecular weight excluding hydrogens is 276 g/mol. The second-order valence-electron chi connectivity index (χ2n) is 5.45. The van der Waals surface area contributed by atoms with Gasteiger partial charge in [-0.15, -0.1) is 0 Å². The molecule has 0 aliphatic heterocycles. The van der Waals surface area contributed by atoms with Crippen molar-refractivity contribution in [3.05, 3.63) is 29.3 Å². The summed E-state index contributed by atoms with van der Waals surface area (Å²) in [5.74, 6) is 0.438. The number of carbonyl (C=O) groups excluding carboxylic acids is 1. The van der Waals surface area contributed by atoms with Crippen LogP contribution in [0.2, 0.25) is 5.02 Å². The number of ether oxygens (including phenoxy) is 1. The summed E-state index contributed by atoms with van der Waals surface area (Å²) in [7, 11) is 0. The molecule has 1 amide bonds. The molecule has 1 aliphatic carbocycles. The van der Waals surface area contributed by atoms with E-state index in [2.05, 4.69) is 5.32 Å². The number of hydrogen-bond donors (Lipinski definition) is 2. The molecule has 1 aromatic rings. The van der Waals surface area contributed by atoms with E-state index >= 15 is 0 Å². The Morgan fingerprint density at radius 1 is 1.35 bits per heavy atom. The highest BCUT2D eigenvalue weighted by Gasteiger charge is 2.27. The number of carbonyl (C=O) groups is 1. The van der Waals surface area contributed by atoms with E-state index in [9.17, 15) is 4.79 Å². The zero-order valence-corrected chi connectivity index (χ0v) is 12.3. The van der Waals surface area contributed by atoms with E-state index in [0.29, 0.717) is 17.3 Å². The average molecular weight is 297 g/mol. The van der Waals surface area contributed by atoms with Gasteiger partial charge in [-0.3, -0.25) is 4.79 Å². The molecular formula is C15H21ClN2O2. The summed E-state index contributed by atoms with van der Waals surface area (Å²) in [5.41, 5.74) is 6.02. The maximum Gasteiger partial charge on any atom is 0.258 e. The fourth-order valence-electron chi connectivity index (χ4n) is 2.46. The molecule has 5 heteroatoms. The lowest BCUT2D eigenvalue weighted by Crippen LogP contribution is -2.51. The molecule has 0 atom stereocenters. The molecule has 0 bridgehead atoms. The third-order valence-corrected chi connectivity index (χ3v) is 3.89. The molecule has 110 valence electrons. The number of nitrogens with two attached hydrogens (primary N) is 1. The van der Waals surface area contributed by atoms with E-state index < -0.39 is 0 Å². The van der Waals surface area contributed by atoms with Gasteiger partial charge in [-0.1, -0.05) is 36.9 Å². The highest BCUT2D eigenvalue weighted by Crippen LogP contribution is 2.25.